The van der Waals surface area contributed by atoms with E-state index >= 15 is 0 Å². The van der Waals surface area contributed by atoms with Crippen LogP contribution in [-0.4, -0.2) is 18.2 Å². The van der Waals surface area contributed by atoms with E-state index in [1.54, 1.807) is 37.3 Å². The fraction of sp³-hybridized carbons (Fsp3) is 0.0625. The molecule has 0 aliphatic rings. The largest absolute Gasteiger partial charge is 0.240 e. The lowest BCUT2D eigenvalue weighted by molar-refractivity contribution is 0.564. The third kappa shape index (κ3) is 5.29. The van der Waals surface area contributed by atoms with Crippen LogP contribution in [0.4, 0.5) is 17.1 Å². The number of benzene rings is 2. The molecule has 0 heterocycles. The minimum Gasteiger partial charge on any atom is -0.211 e. The minimum absolute atomic E-state index is 0.464. The van der Waals surface area contributed by atoms with E-state index < -0.39 is 0 Å². The summed E-state index contributed by atoms with van der Waals surface area (Å²) in [5.41, 5.74) is 2.24. The van der Waals surface area contributed by atoms with Gasteiger partial charge in [-0.1, -0.05) is 24.3 Å². The van der Waals surface area contributed by atoms with Crippen LogP contribution in [0, 0.1) is 6.92 Å². The topological polar surface area (TPSA) is 88.3 Å². The van der Waals surface area contributed by atoms with Crippen molar-refractivity contribution >= 4 is 35.3 Å². The van der Waals surface area contributed by atoms with Gasteiger partial charge >= 0.3 is 0 Å². The van der Waals surface area contributed by atoms with E-state index in [0.29, 0.717) is 22.6 Å². The van der Waals surface area contributed by atoms with Gasteiger partial charge in [0, 0.05) is 5.56 Å². The van der Waals surface area contributed by atoms with E-state index in [0.717, 1.165) is 0 Å². The third-order valence-electron chi connectivity index (χ3n) is 2.54. The van der Waals surface area contributed by atoms with E-state index in [9.17, 15) is 14.4 Å². The van der Waals surface area contributed by atoms with Gasteiger partial charge in [0.25, 0.3) is 0 Å². The summed E-state index contributed by atoms with van der Waals surface area (Å²) in [6.45, 7) is 1.71. The van der Waals surface area contributed by atoms with Gasteiger partial charge in [-0.2, -0.15) is 15.0 Å². The molecule has 0 amide bonds. The third-order valence-corrected chi connectivity index (χ3v) is 2.54. The maximum atomic E-state index is 10.00. The number of carbonyl (C=O) groups excluding carboxylic acids is 3. The molecule has 0 aliphatic carbocycles. The second-order valence-electron chi connectivity index (χ2n) is 3.87. The highest BCUT2D eigenvalue weighted by Gasteiger charge is 2.00. The Bertz CT molecular complexity index is 732. The highest BCUT2D eigenvalue weighted by molar-refractivity contribution is 5.64. The first-order chi connectivity index (χ1) is 10.7. The molecular weight excluding hydrogens is 282 g/mol. The van der Waals surface area contributed by atoms with Crippen molar-refractivity contribution in [3.63, 3.8) is 0 Å². The van der Waals surface area contributed by atoms with E-state index in [-0.39, 0.29) is 0 Å². The molecule has 2 aromatic rings. The fourth-order valence-corrected chi connectivity index (χ4v) is 1.51. The van der Waals surface area contributed by atoms with Gasteiger partial charge in [0.05, 0.1) is 17.1 Å². The van der Waals surface area contributed by atoms with Gasteiger partial charge in [0.1, 0.15) is 0 Å². The molecule has 6 heteroatoms. The summed E-state index contributed by atoms with van der Waals surface area (Å²) in [7, 11) is 0. The highest BCUT2D eigenvalue weighted by Crippen LogP contribution is 2.26. The molecule has 108 valence electrons. The molecule has 0 aromatic heterocycles. The van der Waals surface area contributed by atoms with Crippen LogP contribution >= 0.6 is 0 Å². The lowest BCUT2D eigenvalue weighted by Gasteiger charge is -1.99. The maximum Gasteiger partial charge on any atom is 0.240 e. The highest BCUT2D eigenvalue weighted by atomic mass is 16.1. The van der Waals surface area contributed by atoms with Crippen molar-refractivity contribution in [1.82, 2.24) is 0 Å². The van der Waals surface area contributed by atoms with Crippen LogP contribution in [0.25, 0.3) is 0 Å². The van der Waals surface area contributed by atoms with Crippen molar-refractivity contribution < 1.29 is 14.4 Å². The average molecular weight is 293 g/mol. The van der Waals surface area contributed by atoms with E-state index in [2.05, 4.69) is 15.0 Å². The molecule has 2 rings (SSSR count). The van der Waals surface area contributed by atoms with Crippen molar-refractivity contribution in [2.24, 2.45) is 15.0 Å². The first-order valence-electron chi connectivity index (χ1n) is 6.11. The number of hydrogen-bond acceptors (Lipinski definition) is 6. The Morgan fingerprint density at radius 3 is 1.64 bits per heavy atom. The summed E-state index contributed by atoms with van der Waals surface area (Å²) in [5, 5.41) is 0. The summed E-state index contributed by atoms with van der Waals surface area (Å²) in [6, 6.07) is 13.9. The monoisotopic (exact) mass is 293 g/mol. The average Bonchev–Trinajstić information content (AvgIpc) is 2.54. The Balaban J connectivity index is 0.000000235. The standard InChI is InChI=1S/C9H6N2O2.C7H5NO/c1-7-8(10-5-12)3-2-4-9(7)11-6-13;9-6-8-7-4-2-1-3-5-7/h2-4H,1H3;1-5H. The van der Waals surface area contributed by atoms with E-state index in [1.807, 2.05) is 18.2 Å². The molecule has 0 fully saturated rings. The Morgan fingerprint density at radius 2 is 1.18 bits per heavy atom. The maximum absolute atomic E-state index is 10.00. The summed E-state index contributed by atoms with van der Waals surface area (Å²) >= 11 is 0. The second-order valence-corrected chi connectivity index (χ2v) is 3.87. The number of nitrogens with zero attached hydrogens (tertiary/aromatic N) is 3. The van der Waals surface area contributed by atoms with Crippen LogP contribution < -0.4 is 0 Å². The molecule has 6 nitrogen and oxygen atoms in total. The van der Waals surface area contributed by atoms with E-state index in [1.165, 1.54) is 18.2 Å². The summed E-state index contributed by atoms with van der Waals surface area (Å²) in [6.07, 6.45) is 4.32. The van der Waals surface area contributed by atoms with Crippen molar-refractivity contribution in [3.8, 4) is 0 Å². The lowest BCUT2D eigenvalue weighted by Crippen LogP contribution is -1.75. The molecule has 0 bridgehead atoms. The first kappa shape index (κ1) is 16.6. The quantitative estimate of drug-likeness (QED) is 0.640. The zero-order valence-corrected chi connectivity index (χ0v) is 11.7. The molecular formula is C16H11N3O3. The zero-order chi connectivity index (χ0) is 16.2. The second kappa shape index (κ2) is 9.48. The van der Waals surface area contributed by atoms with Gasteiger partial charge in [-0.15, -0.1) is 0 Å². The molecule has 0 N–H and O–H groups in total. The Labute approximate surface area is 126 Å². The van der Waals surface area contributed by atoms with Crippen molar-refractivity contribution in [1.29, 1.82) is 0 Å². The number of aliphatic imine (C=N–C) groups is 3. The molecule has 2 aromatic carbocycles. The summed E-state index contributed by atoms with van der Waals surface area (Å²) in [5.74, 6) is 0. The van der Waals surface area contributed by atoms with Crippen LogP contribution in [0.15, 0.2) is 63.5 Å². The van der Waals surface area contributed by atoms with Gasteiger partial charge in [-0.3, -0.25) is 0 Å². The molecule has 0 radical (unpaired) electrons. The van der Waals surface area contributed by atoms with Gasteiger partial charge in [-0.25, -0.2) is 14.4 Å². The molecule has 0 spiro atoms. The summed E-state index contributed by atoms with van der Waals surface area (Å²) < 4.78 is 0. The van der Waals surface area contributed by atoms with Crippen LogP contribution in [0.2, 0.25) is 0 Å². The minimum atomic E-state index is 0.464. The van der Waals surface area contributed by atoms with Gasteiger partial charge in [0.15, 0.2) is 0 Å². The van der Waals surface area contributed by atoms with Crippen LogP contribution in [0.1, 0.15) is 5.56 Å². The number of hydrogen-bond donors (Lipinski definition) is 0. The van der Waals surface area contributed by atoms with Crippen molar-refractivity contribution in [2.45, 2.75) is 6.92 Å². The molecule has 0 atom stereocenters. The molecule has 0 saturated heterocycles. The lowest BCUT2D eigenvalue weighted by atomic mass is 10.1. The number of rotatable bonds is 3. The van der Waals surface area contributed by atoms with Gasteiger partial charge < -0.3 is 0 Å². The molecule has 0 unspecified atom stereocenters. The number of para-hydroxylation sites is 1. The first-order valence-corrected chi connectivity index (χ1v) is 6.11. The predicted molar refractivity (Wildman–Crippen MR) is 81.0 cm³/mol. The van der Waals surface area contributed by atoms with Crippen LogP contribution in [0.3, 0.4) is 0 Å². The Kier molecular flexibility index (Phi) is 7.17. The smallest absolute Gasteiger partial charge is 0.211 e. The van der Waals surface area contributed by atoms with Crippen LogP contribution in [0.5, 0.6) is 0 Å². The summed E-state index contributed by atoms with van der Waals surface area (Å²) in [4.78, 5) is 40.0. The van der Waals surface area contributed by atoms with Crippen molar-refractivity contribution in [2.75, 3.05) is 0 Å². The fourth-order valence-electron chi connectivity index (χ4n) is 1.51. The normalized spacial score (nSPS) is 8.23. The van der Waals surface area contributed by atoms with E-state index in [4.69, 9.17) is 0 Å². The molecule has 22 heavy (non-hydrogen) atoms. The Morgan fingerprint density at radius 1 is 0.682 bits per heavy atom. The van der Waals surface area contributed by atoms with Gasteiger partial charge in [-0.05, 0) is 31.2 Å². The number of isocyanates is 3. The van der Waals surface area contributed by atoms with Gasteiger partial charge in [0.2, 0.25) is 18.2 Å². The van der Waals surface area contributed by atoms with Crippen molar-refractivity contribution in [3.05, 3.63) is 54.1 Å². The SMILES string of the molecule is Cc1c(N=C=O)cccc1N=C=O.O=C=Nc1ccccc1. The molecule has 0 saturated carbocycles. The molecule has 0 aliphatic heterocycles. The van der Waals surface area contributed by atoms with Crippen LogP contribution in [-0.2, 0) is 14.4 Å². The Hall–Kier alpha value is -3.42. The zero-order valence-electron chi connectivity index (χ0n) is 11.7. The predicted octanol–water partition coefficient (Wildman–Crippen LogP) is 3.58.